The van der Waals surface area contributed by atoms with Gasteiger partial charge in [0.05, 0.1) is 24.5 Å². The summed E-state index contributed by atoms with van der Waals surface area (Å²) in [6.07, 6.45) is 0. The molecule has 3 rings (SSSR count). The molecule has 0 saturated carbocycles. The van der Waals surface area contributed by atoms with E-state index in [9.17, 15) is 0 Å². The van der Waals surface area contributed by atoms with Gasteiger partial charge in [0.25, 0.3) is 0 Å². The molecule has 0 fully saturated rings. The summed E-state index contributed by atoms with van der Waals surface area (Å²) in [7, 11) is 1.71. The van der Waals surface area contributed by atoms with Crippen LogP contribution in [0.5, 0.6) is 5.75 Å². The highest BCUT2D eigenvalue weighted by Crippen LogP contribution is 2.35. The number of hydrogen-bond acceptors (Lipinski definition) is 3. The molecule has 1 aromatic heterocycles. The number of halogens is 2. The van der Waals surface area contributed by atoms with Crippen LogP contribution in [0.2, 0.25) is 0 Å². The predicted molar refractivity (Wildman–Crippen MR) is 97.0 cm³/mol. The van der Waals surface area contributed by atoms with Crippen LogP contribution in [-0.4, -0.2) is 12.1 Å². The molecule has 0 N–H and O–H groups in total. The van der Waals surface area contributed by atoms with Crippen molar-refractivity contribution in [2.24, 2.45) is 0 Å². The maximum atomic E-state index is 5.39. The lowest BCUT2D eigenvalue weighted by Gasteiger charge is -2.07. The molecule has 0 aliphatic carbocycles. The van der Waals surface area contributed by atoms with Crippen molar-refractivity contribution >= 4 is 66.7 Å². The van der Waals surface area contributed by atoms with E-state index in [1.807, 2.05) is 12.1 Å². The lowest BCUT2D eigenvalue weighted by Crippen LogP contribution is -1.91. The van der Waals surface area contributed by atoms with Crippen molar-refractivity contribution < 1.29 is 4.74 Å². The molecule has 2 nitrogen and oxygen atoms in total. The number of methoxy groups -OCH3 is 1. The molecule has 0 aliphatic heterocycles. The minimum atomic E-state index is 0.936. The van der Waals surface area contributed by atoms with Crippen molar-refractivity contribution in [2.75, 3.05) is 7.11 Å². The molecule has 1 heterocycles. The summed E-state index contributed by atoms with van der Waals surface area (Å²) in [5, 5.41) is 1.06. The fourth-order valence-corrected chi connectivity index (χ4v) is 5.04. The van der Waals surface area contributed by atoms with Gasteiger partial charge in [-0.25, -0.2) is 4.98 Å². The zero-order valence-electron chi connectivity index (χ0n) is 9.98. The van der Waals surface area contributed by atoms with Gasteiger partial charge >= 0.3 is 0 Å². The summed E-state index contributed by atoms with van der Waals surface area (Å²) in [5.41, 5.74) is 2.21. The Bertz CT molecular complexity index is 698. The van der Waals surface area contributed by atoms with Crippen LogP contribution >= 0.6 is 56.5 Å². The van der Waals surface area contributed by atoms with Gasteiger partial charge in [0, 0.05) is 5.56 Å². The predicted octanol–water partition coefficient (Wildman–Crippen LogP) is 5.18. The van der Waals surface area contributed by atoms with Crippen molar-refractivity contribution in [2.45, 2.75) is 0 Å². The van der Waals surface area contributed by atoms with Gasteiger partial charge in [0.15, 0.2) is 0 Å². The number of fused-ring (bicyclic) bond motifs is 1. The van der Waals surface area contributed by atoms with Gasteiger partial charge in [-0.15, -0.1) is 11.3 Å². The normalized spacial score (nSPS) is 10.9. The average Bonchev–Trinajstić information content (AvgIpc) is 2.82. The third-order valence-electron chi connectivity index (χ3n) is 2.74. The molecule has 0 amide bonds. The second-order valence-electron chi connectivity index (χ2n) is 3.96. The number of rotatable bonds is 2. The van der Waals surface area contributed by atoms with E-state index in [2.05, 4.69) is 69.4 Å². The van der Waals surface area contributed by atoms with Crippen LogP contribution < -0.4 is 4.74 Å². The lowest BCUT2D eigenvalue weighted by atomic mass is 10.2. The van der Waals surface area contributed by atoms with Gasteiger partial charge in [-0.05, 0) is 69.4 Å². The van der Waals surface area contributed by atoms with Crippen LogP contribution in [0.1, 0.15) is 0 Å². The summed E-state index contributed by atoms with van der Waals surface area (Å²) in [4.78, 5) is 4.69. The Morgan fingerprint density at radius 1 is 1.11 bits per heavy atom. The van der Waals surface area contributed by atoms with Crippen molar-refractivity contribution in [3.63, 3.8) is 0 Å². The van der Waals surface area contributed by atoms with E-state index in [0.717, 1.165) is 29.0 Å². The number of aromatic nitrogens is 1. The highest BCUT2D eigenvalue weighted by molar-refractivity contribution is 14.1. The van der Waals surface area contributed by atoms with Crippen LogP contribution in [0, 0.1) is 7.14 Å². The molecular formula is C14H9I2NOS. The Kier molecular flexibility index (Phi) is 3.95. The first-order valence-electron chi connectivity index (χ1n) is 5.58. The number of nitrogens with zero attached hydrogens (tertiary/aromatic N) is 1. The first-order valence-corrected chi connectivity index (χ1v) is 8.55. The van der Waals surface area contributed by atoms with Crippen molar-refractivity contribution in [3.8, 4) is 16.3 Å². The Hall–Kier alpha value is -0.410. The quantitative estimate of drug-likeness (QED) is 0.460. The molecule has 2 aromatic carbocycles. The lowest BCUT2D eigenvalue weighted by molar-refractivity contribution is 0.409. The molecular weight excluding hydrogens is 484 g/mol. The summed E-state index contributed by atoms with van der Waals surface area (Å²) in [6.45, 7) is 0. The smallest absolute Gasteiger partial charge is 0.145 e. The van der Waals surface area contributed by atoms with Gasteiger partial charge in [-0.3, -0.25) is 0 Å². The Morgan fingerprint density at radius 2 is 1.79 bits per heavy atom. The standard InChI is InChI=1S/C14H9I2NOS/c1-18-13-9(15)6-8(7-10(13)16)14-17-11-4-2-3-5-12(11)19-14/h2-7H,1H3. The molecule has 5 heteroatoms. The van der Waals surface area contributed by atoms with Crippen LogP contribution in [0.4, 0.5) is 0 Å². The largest absolute Gasteiger partial charge is 0.495 e. The maximum absolute atomic E-state index is 5.39. The van der Waals surface area contributed by atoms with E-state index in [0.29, 0.717) is 0 Å². The molecule has 0 unspecified atom stereocenters. The molecule has 0 bridgehead atoms. The SMILES string of the molecule is COc1c(I)cc(-c2nc3ccccc3s2)cc1I. The van der Waals surface area contributed by atoms with Crippen molar-refractivity contribution in [1.29, 1.82) is 0 Å². The van der Waals surface area contributed by atoms with E-state index in [4.69, 9.17) is 9.72 Å². The highest BCUT2D eigenvalue weighted by Gasteiger charge is 2.12. The van der Waals surface area contributed by atoms with Crippen LogP contribution in [-0.2, 0) is 0 Å². The fraction of sp³-hybridized carbons (Fsp3) is 0.0714. The van der Waals surface area contributed by atoms with Crippen molar-refractivity contribution in [3.05, 3.63) is 43.5 Å². The molecule has 0 saturated heterocycles. The van der Waals surface area contributed by atoms with Crippen molar-refractivity contribution in [1.82, 2.24) is 4.98 Å². The summed E-state index contributed by atoms with van der Waals surface area (Å²) < 4.78 is 8.84. The summed E-state index contributed by atoms with van der Waals surface area (Å²) in [6, 6.07) is 12.5. The summed E-state index contributed by atoms with van der Waals surface area (Å²) in [5.74, 6) is 0.936. The minimum Gasteiger partial charge on any atom is -0.495 e. The number of benzene rings is 2. The zero-order valence-corrected chi connectivity index (χ0v) is 15.1. The van der Waals surface area contributed by atoms with E-state index < -0.39 is 0 Å². The Balaban J connectivity index is 2.16. The first-order chi connectivity index (χ1) is 9.19. The second-order valence-corrected chi connectivity index (χ2v) is 7.31. The van der Waals surface area contributed by atoms with Crippen LogP contribution in [0.25, 0.3) is 20.8 Å². The van der Waals surface area contributed by atoms with E-state index in [-0.39, 0.29) is 0 Å². The van der Waals surface area contributed by atoms with E-state index >= 15 is 0 Å². The van der Waals surface area contributed by atoms with E-state index in [1.54, 1.807) is 18.4 Å². The zero-order chi connectivity index (χ0) is 13.4. The monoisotopic (exact) mass is 493 g/mol. The second kappa shape index (κ2) is 5.53. The molecule has 3 aromatic rings. The van der Waals surface area contributed by atoms with Crippen LogP contribution in [0.3, 0.4) is 0 Å². The van der Waals surface area contributed by atoms with Gasteiger partial charge in [-0.2, -0.15) is 0 Å². The molecule has 0 spiro atoms. The van der Waals surface area contributed by atoms with Crippen LogP contribution in [0.15, 0.2) is 36.4 Å². The number of para-hydroxylation sites is 1. The summed E-state index contributed by atoms with van der Waals surface area (Å²) >= 11 is 6.33. The van der Waals surface area contributed by atoms with E-state index in [1.165, 1.54) is 4.70 Å². The minimum absolute atomic E-state index is 0.936. The van der Waals surface area contributed by atoms with Gasteiger partial charge in [-0.1, -0.05) is 12.1 Å². The molecule has 0 atom stereocenters. The maximum Gasteiger partial charge on any atom is 0.145 e. The number of thiazole rings is 1. The molecule has 19 heavy (non-hydrogen) atoms. The fourth-order valence-electron chi connectivity index (χ4n) is 1.87. The first kappa shape index (κ1) is 13.6. The number of ether oxygens (including phenoxy) is 1. The third kappa shape index (κ3) is 2.59. The van der Waals surface area contributed by atoms with Gasteiger partial charge < -0.3 is 4.74 Å². The average molecular weight is 493 g/mol. The number of hydrogen-bond donors (Lipinski definition) is 0. The topological polar surface area (TPSA) is 22.1 Å². The molecule has 96 valence electrons. The molecule has 0 aliphatic rings. The Labute approximate surface area is 142 Å². The van der Waals surface area contributed by atoms with Gasteiger partial charge in [0.1, 0.15) is 10.8 Å². The Morgan fingerprint density at radius 3 is 2.42 bits per heavy atom. The highest BCUT2D eigenvalue weighted by atomic mass is 127. The third-order valence-corrected chi connectivity index (χ3v) is 5.43. The van der Waals surface area contributed by atoms with Gasteiger partial charge in [0.2, 0.25) is 0 Å². The molecule has 0 radical (unpaired) electrons.